The van der Waals surface area contributed by atoms with Gasteiger partial charge in [-0.15, -0.1) is 0 Å². The highest BCUT2D eigenvalue weighted by atomic mass is 35.5. The Hall–Kier alpha value is -3.16. The first kappa shape index (κ1) is 30.5. The number of alkyl halides is 3. The van der Waals surface area contributed by atoms with E-state index in [0.29, 0.717) is 11.7 Å². The van der Waals surface area contributed by atoms with Gasteiger partial charge in [0.15, 0.2) is 0 Å². The van der Waals surface area contributed by atoms with Crippen LogP contribution in [-0.4, -0.2) is 77.7 Å². The molecule has 1 saturated heterocycles. The van der Waals surface area contributed by atoms with Gasteiger partial charge in [-0.2, -0.15) is 13.2 Å². The number of carbonyl (C=O) groups is 2. The summed E-state index contributed by atoms with van der Waals surface area (Å²) in [5.41, 5.74) is -0.690. The maximum absolute atomic E-state index is 14.0. The number of fused-ring (bicyclic) bond motifs is 3. The predicted octanol–water partition coefficient (Wildman–Crippen LogP) is 4.61. The first-order valence-electron chi connectivity index (χ1n) is 15.5. The zero-order valence-corrected chi connectivity index (χ0v) is 25.6. The molecule has 10 nitrogen and oxygen atoms in total. The van der Waals surface area contributed by atoms with Crippen molar-refractivity contribution in [3.05, 3.63) is 40.7 Å². The van der Waals surface area contributed by atoms with Gasteiger partial charge in [-0.25, -0.2) is 9.97 Å². The number of nitrogens with one attached hydrogen (secondary N) is 3. The van der Waals surface area contributed by atoms with Crippen molar-refractivity contribution in [1.82, 2.24) is 20.2 Å². The van der Waals surface area contributed by atoms with Crippen LogP contribution in [0, 0.1) is 23.7 Å². The molecule has 8 rings (SSSR count). The molecule has 1 aliphatic heterocycles. The Balaban J connectivity index is 1.08. The highest BCUT2D eigenvalue weighted by molar-refractivity contribution is 6.31. The molecule has 2 heterocycles. The van der Waals surface area contributed by atoms with Crippen LogP contribution in [0.2, 0.25) is 5.02 Å². The summed E-state index contributed by atoms with van der Waals surface area (Å²) in [5.74, 6) is -0.450. The molecule has 5 aliphatic carbocycles. The van der Waals surface area contributed by atoms with Gasteiger partial charge in [0.25, 0.3) is 5.91 Å². The summed E-state index contributed by atoms with van der Waals surface area (Å²) in [6, 6.07) is 2.93. The van der Waals surface area contributed by atoms with Crippen LogP contribution in [0.4, 0.5) is 24.7 Å². The lowest BCUT2D eigenvalue weighted by Crippen LogP contribution is -2.56. The highest BCUT2D eigenvalue weighted by Crippen LogP contribution is 2.56. The zero-order chi connectivity index (χ0) is 31.5. The van der Waals surface area contributed by atoms with E-state index in [2.05, 4.69) is 30.8 Å². The number of anilines is 2. The van der Waals surface area contributed by atoms with Crippen LogP contribution >= 0.6 is 11.6 Å². The van der Waals surface area contributed by atoms with Crippen molar-refractivity contribution in [2.24, 2.45) is 23.7 Å². The second-order valence-electron chi connectivity index (χ2n) is 13.1. The van der Waals surface area contributed by atoms with Crippen LogP contribution in [0.25, 0.3) is 0 Å². The normalized spacial score (nSPS) is 32.2. The van der Waals surface area contributed by atoms with E-state index in [1.54, 1.807) is 0 Å². The van der Waals surface area contributed by atoms with Gasteiger partial charge in [-0.3, -0.25) is 14.5 Å². The van der Waals surface area contributed by atoms with Crippen LogP contribution in [0.15, 0.2) is 24.5 Å². The van der Waals surface area contributed by atoms with Gasteiger partial charge in [0.2, 0.25) is 11.8 Å². The molecule has 0 unspecified atom stereocenters. The van der Waals surface area contributed by atoms with Crippen molar-refractivity contribution in [3.63, 3.8) is 0 Å². The smallest absolute Gasteiger partial charge is 0.417 e. The van der Waals surface area contributed by atoms with Crippen molar-refractivity contribution in [3.8, 4) is 5.88 Å². The van der Waals surface area contributed by atoms with Gasteiger partial charge >= 0.3 is 6.18 Å². The number of nitrogens with zero attached hydrogens (tertiary/aromatic N) is 3. The van der Waals surface area contributed by atoms with E-state index < -0.39 is 40.5 Å². The van der Waals surface area contributed by atoms with E-state index >= 15 is 0 Å². The van der Waals surface area contributed by atoms with Crippen LogP contribution in [0.5, 0.6) is 5.88 Å². The average Bonchev–Trinajstić information content (AvgIpc) is 3.77. The molecule has 6 fully saturated rings. The fraction of sp³-hybridized carbons (Fsp3) is 0.613. The number of rotatable bonds is 8. The molecule has 45 heavy (non-hydrogen) atoms. The summed E-state index contributed by atoms with van der Waals surface area (Å²) in [7, 11) is 1.44. The SMILES string of the molecule is COc1ncnc(N[C@H]2CC3(N4CCOCC4)CC2C3)c1C(=O)N[C@@H]1[C@H]2CC[C@H](C2)[C@@H]1C(=O)Nc1ccc(Cl)c(C(F)(F)F)c1. The predicted molar refractivity (Wildman–Crippen MR) is 159 cm³/mol. The number of halogens is 4. The van der Waals surface area contributed by atoms with E-state index in [4.69, 9.17) is 21.1 Å². The molecular weight excluding hydrogens is 613 g/mol. The second kappa shape index (κ2) is 11.6. The summed E-state index contributed by atoms with van der Waals surface area (Å²) in [6.45, 7) is 3.34. The molecule has 0 spiro atoms. The maximum atomic E-state index is 14.0. The Morgan fingerprint density at radius 1 is 1.09 bits per heavy atom. The fourth-order valence-electron chi connectivity index (χ4n) is 8.70. The summed E-state index contributed by atoms with van der Waals surface area (Å²) in [4.78, 5) is 38.7. The molecule has 6 aliphatic rings. The topological polar surface area (TPSA) is 118 Å². The van der Waals surface area contributed by atoms with Gasteiger partial charge in [0.1, 0.15) is 17.7 Å². The number of carbonyl (C=O) groups excluding carboxylic acids is 2. The monoisotopic (exact) mass is 648 g/mol. The molecule has 0 radical (unpaired) electrons. The first-order chi connectivity index (χ1) is 21.6. The third-order valence-corrected chi connectivity index (χ3v) is 11.1. The fourth-order valence-corrected chi connectivity index (χ4v) is 8.92. The number of methoxy groups -OCH3 is 1. The molecule has 1 aromatic carbocycles. The standard InChI is InChI=1S/C31H36ClF3N6O4/c1-44-29-24(26(36-15-37-29)39-22-14-30(12-18(22)13-30)41-6-8-45-9-7-41)28(43)40-25-17-3-2-16(10-17)23(25)27(42)38-19-4-5-21(32)20(11-19)31(33,34)35/h4-5,11,15-18,22-23,25H,2-3,6-10,12-14H2,1H3,(H,38,42)(H,40,43)(H,36,37,39)/t16-,17+,18?,22+,23+,25-,30?/m1/s1. The van der Waals surface area contributed by atoms with Crippen LogP contribution < -0.4 is 20.7 Å². The van der Waals surface area contributed by atoms with Crippen molar-refractivity contribution in [1.29, 1.82) is 0 Å². The lowest BCUT2D eigenvalue weighted by molar-refractivity contribution is -0.137. The Bertz CT molecular complexity index is 1480. The minimum atomic E-state index is -4.66. The number of benzene rings is 1. The minimum absolute atomic E-state index is 0.000940. The molecular formula is C31H36ClF3N6O4. The largest absolute Gasteiger partial charge is 0.480 e. The van der Waals surface area contributed by atoms with E-state index in [0.717, 1.165) is 77.0 Å². The highest BCUT2D eigenvalue weighted by Gasteiger charge is 2.59. The molecule has 3 N–H and O–H groups in total. The molecule has 242 valence electrons. The minimum Gasteiger partial charge on any atom is -0.480 e. The van der Waals surface area contributed by atoms with Gasteiger partial charge in [0, 0.05) is 36.4 Å². The molecule has 5 saturated carbocycles. The zero-order valence-electron chi connectivity index (χ0n) is 24.8. The quantitative estimate of drug-likeness (QED) is 0.380. The molecule has 4 bridgehead atoms. The van der Waals surface area contributed by atoms with Gasteiger partial charge < -0.3 is 25.4 Å². The third kappa shape index (κ3) is 5.50. The van der Waals surface area contributed by atoms with E-state index in [9.17, 15) is 22.8 Å². The van der Waals surface area contributed by atoms with Crippen molar-refractivity contribution in [2.45, 2.75) is 62.3 Å². The van der Waals surface area contributed by atoms with E-state index in [-0.39, 0.29) is 40.5 Å². The number of amides is 2. The van der Waals surface area contributed by atoms with E-state index in [1.165, 1.54) is 19.5 Å². The average molecular weight is 649 g/mol. The number of morpholine rings is 1. The van der Waals surface area contributed by atoms with Gasteiger partial charge in [-0.05, 0) is 74.5 Å². The summed E-state index contributed by atoms with van der Waals surface area (Å²) in [5, 5.41) is 8.83. The molecule has 1 aromatic heterocycles. The van der Waals surface area contributed by atoms with E-state index in [1.807, 2.05) is 0 Å². The van der Waals surface area contributed by atoms with Gasteiger partial charge in [-0.1, -0.05) is 11.6 Å². The molecule has 5 atom stereocenters. The van der Waals surface area contributed by atoms with Crippen LogP contribution in [-0.2, 0) is 15.7 Å². The number of ether oxygens (including phenoxy) is 2. The Labute approximate surface area is 263 Å². The molecule has 14 heteroatoms. The summed E-state index contributed by atoms with van der Waals surface area (Å²) in [6.07, 6.45) is 2.23. The van der Waals surface area contributed by atoms with Crippen LogP contribution in [0.3, 0.4) is 0 Å². The lowest BCUT2D eigenvalue weighted by atomic mass is 9.75. The number of hydrogen-bond acceptors (Lipinski definition) is 8. The van der Waals surface area contributed by atoms with Crippen molar-refractivity contribution in [2.75, 3.05) is 44.0 Å². The number of aromatic nitrogens is 2. The van der Waals surface area contributed by atoms with Crippen molar-refractivity contribution < 1.29 is 32.2 Å². The summed E-state index contributed by atoms with van der Waals surface area (Å²) >= 11 is 5.77. The third-order valence-electron chi connectivity index (χ3n) is 10.7. The van der Waals surface area contributed by atoms with Crippen LogP contribution in [0.1, 0.15) is 54.4 Å². The maximum Gasteiger partial charge on any atom is 0.417 e. The Morgan fingerprint density at radius 3 is 2.58 bits per heavy atom. The number of hydrogen-bond donors (Lipinski definition) is 3. The second-order valence-corrected chi connectivity index (χ2v) is 13.5. The van der Waals surface area contributed by atoms with Gasteiger partial charge in [0.05, 0.1) is 36.8 Å². The lowest BCUT2D eigenvalue weighted by Gasteiger charge is -2.49. The first-order valence-corrected chi connectivity index (χ1v) is 15.9. The molecule has 2 aromatic rings. The van der Waals surface area contributed by atoms with Crippen molar-refractivity contribution >= 4 is 34.9 Å². The molecule has 2 amide bonds. The Morgan fingerprint density at radius 2 is 1.84 bits per heavy atom. The Kier molecular flexibility index (Phi) is 7.84. The summed E-state index contributed by atoms with van der Waals surface area (Å²) < 4.78 is 51.3.